The number of aromatic nitrogens is 6. The molecule has 0 unspecified atom stereocenters. The van der Waals surface area contributed by atoms with Crippen molar-refractivity contribution >= 4 is 11.9 Å². The van der Waals surface area contributed by atoms with Gasteiger partial charge in [0.2, 0.25) is 5.95 Å². The summed E-state index contributed by atoms with van der Waals surface area (Å²) in [7, 11) is 1.38. The monoisotopic (exact) mass is 373 g/mol. The first-order valence-corrected chi connectivity index (χ1v) is 8.08. The molecule has 1 N–H and O–H groups in total. The van der Waals surface area contributed by atoms with Gasteiger partial charge in [-0.05, 0) is 35.0 Å². The molecule has 0 fully saturated rings. The average Bonchev–Trinajstić information content (AvgIpc) is 3.05. The first-order chi connectivity index (χ1) is 12.9. The number of nitrogens with zero attached hydrogens (tertiary/aromatic N) is 6. The van der Waals surface area contributed by atoms with Gasteiger partial charge in [-0.25, -0.2) is 18.4 Å². The highest BCUT2D eigenvalue weighted by molar-refractivity contribution is 6.02. The molecule has 0 aliphatic heterocycles. The molecule has 0 atom stereocenters. The zero-order valence-electron chi connectivity index (χ0n) is 14.6. The molecule has 27 heavy (non-hydrogen) atoms. The standard InChI is InChI=1S/C16H16FN7O3/c1-3-7-23-15(19-20-21-23)18-13(25)12-9-22(2)16(27)24(14(12)26)11-6-4-5-10(17)8-11/h4-6,8-9H,3,7H2,1-2H3,(H,18,19,21,25). The Hall–Kier alpha value is -3.63. The van der Waals surface area contributed by atoms with E-state index in [1.807, 2.05) is 6.92 Å². The third-order valence-corrected chi connectivity index (χ3v) is 3.75. The Labute approximate surface area is 151 Å². The van der Waals surface area contributed by atoms with Crippen molar-refractivity contribution in [3.8, 4) is 5.69 Å². The Balaban J connectivity index is 2.06. The first-order valence-electron chi connectivity index (χ1n) is 8.08. The van der Waals surface area contributed by atoms with Gasteiger partial charge in [0.1, 0.15) is 11.4 Å². The van der Waals surface area contributed by atoms with Crippen LogP contribution in [-0.2, 0) is 13.6 Å². The van der Waals surface area contributed by atoms with E-state index in [0.29, 0.717) is 6.54 Å². The van der Waals surface area contributed by atoms with Crippen LogP contribution in [0.5, 0.6) is 0 Å². The Kier molecular flexibility index (Phi) is 4.92. The van der Waals surface area contributed by atoms with Gasteiger partial charge in [-0.15, -0.1) is 0 Å². The van der Waals surface area contributed by atoms with Crippen LogP contribution in [0.25, 0.3) is 5.69 Å². The predicted molar refractivity (Wildman–Crippen MR) is 93.3 cm³/mol. The maximum absolute atomic E-state index is 13.5. The van der Waals surface area contributed by atoms with Gasteiger partial charge in [0.05, 0.1) is 5.69 Å². The molecule has 0 saturated carbocycles. The normalized spacial score (nSPS) is 10.8. The van der Waals surface area contributed by atoms with Crippen molar-refractivity contribution in [2.24, 2.45) is 7.05 Å². The Bertz CT molecular complexity index is 1120. The summed E-state index contributed by atoms with van der Waals surface area (Å²) in [4.78, 5) is 37.7. The lowest BCUT2D eigenvalue weighted by Crippen LogP contribution is -2.41. The van der Waals surface area contributed by atoms with Gasteiger partial charge < -0.3 is 4.57 Å². The lowest BCUT2D eigenvalue weighted by atomic mass is 10.2. The molecular formula is C16H16FN7O3. The molecule has 0 aliphatic carbocycles. The van der Waals surface area contributed by atoms with Crippen LogP contribution in [0.1, 0.15) is 23.7 Å². The van der Waals surface area contributed by atoms with Crippen molar-refractivity contribution < 1.29 is 9.18 Å². The van der Waals surface area contributed by atoms with Crippen LogP contribution in [0.4, 0.5) is 10.3 Å². The number of carbonyl (C=O) groups is 1. The highest BCUT2D eigenvalue weighted by Gasteiger charge is 2.19. The summed E-state index contributed by atoms with van der Waals surface area (Å²) in [6.07, 6.45) is 1.85. The molecular weight excluding hydrogens is 357 g/mol. The van der Waals surface area contributed by atoms with Crippen LogP contribution in [0.2, 0.25) is 0 Å². The molecule has 10 nitrogen and oxygen atoms in total. The largest absolute Gasteiger partial charge is 0.335 e. The highest BCUT2D eigenvalue weighted by Crippen LogP contribution is 2.07. The zero-order valence-corrected chi connectivity index (χ0v) is 14.6. The number of nitrogens with one attached hydrogen (secondary N) is 1. The van der Waals surface area contributed by atoms with E-state index >= 15 is 0 Å². The molecule has 0 saturated heterocycles. The van der Waals surface area contributed by atoms with E-state index in [0.717, 1.165) is 27.8 Å². The minimum Gasteiger partial charge on any atom is -0.302 e. The van der Waals surface area contributed by atoms with Gasteiger partial charge in [-0.1, -0.05) is 18.1 Å². The van der Waals surface area contributed by atoms with E-state index in [1.54, 1.807) is 0 Å². The molecule has 140 valence electrons. The van der Waals surface area contributed by atoms with Crippen LogP contribution < -0.4 is 16.6 Å². The van der Waals surface area contributed by atoms with E-state index in [1.165, 1.54) is 29.9 Å². The molecule has 0 bridgehead atoms. The van der Waals surface area contributed by atoms with Crippen LogP contribution in [0, 0.1) is 5.82 Å². The van der Waals surface area contributed by atoms with Crippen molar-refractivity contribution in [2.75, 3.05) is 5.32 Å². The second kappa shape index (κ2) is 7.32. The van der Waals surface area contributed by atoms with Gasteiger partial charge in [0, 0.05) is 19.8 Å². The lowest BCUT2D eigenvalue weighted by Gasteiger charge is -2.10. The second-order valence-electron chi connectivity index (χ2n) is 5.74. The van der Waals surface area contributed by atoms with E-state index in [-0.39, 0.29) is 17.2 Å². The van der Waals surface area contributed by atoms with E-state index in [9.17, 15) is 18.8 Å². The highest BCUT2D eigenvalue weighted by atomic mass is 19.1. The predicted octanol–water partition coefficient (Wildman–Crippen LogP) is 0.324. The Morgan fingerprint density at radius 2 is 2.07 bits per heavy atom. The van der Waals surface area contributed by atoms with Crippen LogP contribution in [-0.4, -0.2) is 35.2 Å². The third kappa shape index (κ3) is 3.52. The van der Waals surface area contributed by atoms with Crippen molar-refractivity contribution in [3.05, 3.63) is 62.7 Å². The third-order valence-electron chi connectivity index (χ3n) is 3.75. The molecule has 1 aromatic carbocycles. The van der Waals surface area contributed by atoms with Gasteiger partial charge >= 0.3 is 5.69 Å². The number of rotatable bonds is 5. The Morgan fingerprint density at radius 3 is 2.78 bits per heavy atom. The first kappa shape index (κ1) is 18.2. The van der Waals surface area contributed by atoms with Crippen molar-refractivity contribution in [1.82, 2.24) is 29.3 Å². The number of hydrogen-bond acceptors (Lipinski definition) is 6. The molecule has 11 heteroatoms. The zero-order chi connectivity index (χ0) is 19.6. The number of amides is 1. The summed E-state index contributed by atoms with van der Waals surface area (Å²) in [5.74, 6) is -1.32. The Morgan fingerprint density at radius 1 is 1.30 bits per heavy atom. The second-order valence-corrected chi connectivity index (χ2v) is 5.74. The number of anilines is 1. The number of aryl methyl sites for hydroxylation is 2. The summed E-state index contributed by atoms with van der Waals surface area (Å²) in [5, 5.41) is 13.4. The maximum atomic E-state index is 13.5. The van der Waals surface area contributed by atoms with Crippen molar-refractivity contribution in [3.63, 3.8) is 0 Å². The smallest absolute Gasteiger partial charge is 0.302 e. The van der Waals surface area contributed by atoms with E-state index in [2.05, 4.69) is 20.8 Å². The molecule has 3 rings (SSSR count). The fraction of sp³-hybridized carbons (Fsp3) is 0.250. The summed E-state index contributed by atoms with van der Waals surface area (Å²) < 4.78 is 16.7. The van der Waals surface area contributed by atoms with Gasteiger partial charge in [0.25, 0.3) is 11.5 Å². The van der Waals surface area contributed by atoms with E-state index < -0.39 is 23.0 Å². The van der Waals surface area contributed by atoms with Gasteiger partial charge in [-0.3, -0.25) is 14.9 Å². The molecule has 2 heterocycles. The molecule has 0 spiro atoms. The molecule has 3 aromatic rings. The summed E-state index contributed by atoms with van der Waals surface area (Å²) in [6.45, 7) is 2.39. The molecule has 0 aliphatic rings. The minimum absolute atomic E-state index is 0.0195. The summed E-state index contributed by atoms with van der Waals surface area (Å²) in [5.41, 5.74) is -1.88. The number of benzene rings is 1. The fourth-order valence-corrected chi connectivity index (χ4v) is 2.49. The average molecular weight is 373 g/mol. The van der Waals surface area contributed by atoms with Gasteiger partial charge in [-0.2, -0.15) is 0 Å². The topological polar surface area (TPSA) is 117 Å². The maximum Gasteiger partial charge on any atom is 0.335 e. The van der Waals surface area contributed by atoms with Crippen molar-refractivity contribution in [2.45, 2.75) is 19.9 Å². The molecule has 0 radical (unpaired) electrons. The molecule has 1 amide bonds. The summed E-state index contributed by atoms with van der Waals surface area (Å²) >= 11 is 0. The fourth-order valence-electron chi connectivity index (χ4n) is 2.49. The quantitative estimate of drug-likeness (QED) is 0.689. The minimum atomic E-state index is -0.879. The summed E-state index contributed by atoms with van der Waals surface area (Å²) in [6, 6.07) is 4.98. The number of tetrazole rings is 1. The van der Waals surface area contributed by atoms with E-state index in [4.69, 9.17) is 0 Å². The number of carbonyl (C=O) groups excluding carboxylic acids is 1. The lowest BCUT2D eigenvalue weighted by molar-refractivity contribution is 0.102. The van der Waals surface area contributed by atoms with Gasteiger partial charge in [0.15, 0.2) is 0 Å². The van der Waals surface area contributed by atoms with Crippen LogP contribution in [0.3, 0.4) is 0 Å². The number of hydrogen-bond donors (Lipinski definition) is 1. The SMILES string of the molecule is CCCn1nnnc1NC(=O)c1cn(C)c(=O)n(-c2cccc(F)c2)c1=O. The molecule has 2 aromatic heterocycles. The van der Waals surface area contributed by atoms with Crippen LogP contribution >= 0.6 is 0 Å². The number of halogens is 1. The van der Waals surface area contributed by atoms with Crippen LogP contribution in [0.15, 0.2) is 40.1 Å². The van der Waals surface area contributed by atoms with Crippen molar-refractivity contribution in [1.29, 1.82) is 0 Å².